The second-order valence-corrected chi connectivity index (χ2v) is 9.99. The average molecular weight is 483 g/mol. The number of rotatable bonds is 7. The summed E-state index contributed by atoms with van der Waals surface area (Å²) in [4.78, 5) is 7.73. The van der Waals surface area contributed by atoms with Crippen LogP contribution in [0.5, 0.6) is 0 Å². The third kappa shape index (κ3) is 5.46. The van der Waals surface area contributed by atoms with Crippen molar-refractivity contribution in [2.24, 2.45) is 10.3 Å². The monoisotopic (exact) mass is 483 g/mol. The lowest BCUT2D eigenvalue weighted by Crippen LogP contribution is -2.19. The molecule has 30 heavy (non-hydrogen) atoms. The zero-order valence-electron chi connectivity index (χ0n) is 14.7. The zero-order chi connectivity index (χ0) is 23.1. The van der Waals surface area contributed by atoms with E-state index in [-0.39, 0.29) is 0 Å². The molecule has 17 heteroatoms. The number of benzene rings is 2. The highest BCUT2D eigenvalue weighted by Gasteiger charge is 2.24. The SMILES string of the molecule is CN(CC(=O)O)N=Nc1cc2c(S(=O)(=O)O)cc(S(=O)(=O)O)cc2cc1S(=O)(=O)O. The molecule has 0 aromatic heterocycles. The number of nitrogens with zero attached hydrogens (tertiary/aromatic N) is 3. The van der Waals surface area contributed by atoms with Gasteiger partial charge in [-0.1, -0.05) is 5.22 Å². The fourth-order valence-electron chi connectivity index (χ4n) is 2.32. The normalized spacial score (nSPS) is 13.1. The number of carbonyl (C=O) groups is 1. The molecule has 4 N–H and O–H groups in total. The van der Waals surface area contributed by atoms with Crippen molar-refractivity contribution in [2.45, 2.75) is 14.7 Å². The Morgan fingerprint density at radius 3 is 1.93 bits per heavy atom. The average Bonchev–Trinajstić information content (AvgIpc) is 2.55. The van der Waals surface area contributed by atoms with E-state index in [1.807, 2.05) is 0 Å². The predicted octanol–water partition coefficient (Wildman–Crippen LogP) is 0.595. The first-order chi connectivity index (χ1) is 13.5. The van der Waals surface area contributed by atoms with Gasteiger partial charge in [0.2, 0.25) is 0 Å². The van der Waals surface area contributed by atoms with E-state index in [2.05, 4.69) is 10.3 Å². The number of hydrogen-bond acceptors (Lipinski definition) is 9. The molecule has 0 atom stereocenters. The fraction of sp³-hybridized carbons (Fsp3) is 0.154. The minimum atomic E-state index is -5.07. The molecular formula is C13H13N3O11S3. The Labute approximate surface area is 169 Å². The molecule has 14 nitrogen and oxygen atoms in total. The molecule has 2 rings (SSSR count). The van der Waals surface area contributed by atoms with Crippen LogP contribution in [0.25, 0.3) is 10.8 Å². The van der Waals surface area contributed by atoms with Gasteiger partial charge in [-0.2, -0.15) is 25.3 Å². The summed E-state index contributed by atoms with van der Waals surface area (Å²) < 4.78 is 97.6. The molecule has 0 spiro atoms. The standard InChI is InChI=1S/C13H13N3O11S3/c1-16(6-13(17)18)15-14-10-5-9-7(3-12(10)30(25,26)27)2-8(28(19,20)21)4-11(9)29(22,23)24/h2-5H,6H2,1H3,(H,17,18)(H,19,20,21)(H,22,23,24)(H,25,26,27). The van der Waals surface area contributed by atoms with Crippen LogP contribution >= 0.6 is 0 Å². The van der Waals surface area contributed by atoms with Gasteiger partial charge in [-0.3, -0.25) is 23.5 Å². The van der Waals surface area contributed by atoms with Crippen LogP contribution in [0.2, 0.25) is 0 Å². The van der Waals surface area contributed by atoms with E-state index in [0.29, 0.717) is 18.2 Å². The van der Waals surface area contributed by atoms with Gasteiger partial charge in [0.1, 0.15) is 22.0 Å². The second-order valence-electron chi connectivity index (χ2n) is 5.79. The lowest BCUT2D eigenvalue weighted by molar-refractivity contribution is -0.138. The van der Waals surface area contributed by atoms with Crippen molar-refractivity contribution >= 4 is 52.8 Å². The van der Waals surface area contributed by atoms with Crippen LogP contribution in [0.3, 0.4) is 0 Å². The number of carboxylic acid groups (broad SMARTS) is 1. The number of carboxylic acids is 1. The van der Waals surface area contributed by atoms with Crippen LogP contribution in [0, 0.1) is 0 Å². The molecule has 0 heterocycles. The first-order valence-electron chi connectivity index (χ1n) is 7.39. The summed E-state index contributed by atoms with van der Waals surface area (Å²) in [5, 5.41) is 15.5. The van der Waals surface area contributed by atoms with Crippen molar-refractivity contribution in [2.75, 3.05) is 13.6 Å². The Bertz CT molecular complexity index is 1380. The van der Waals surface area contributed by atoms with Crippen LogP contribution in [0.1, 0.15) is 0 Å². The van der Waals surface area contributed by atoms with Gasteiger partial charge in [-0.15, -0.1) is 5.11 Å². The number of likely N-dealkylation sites (N-methyl/N-ethyl adjacent to an activating group) is 1. The van der Waals surface area contributed by atoms with E-state index in [0.717, 1.165) is 11.1 Å². The Kier molecular flexibility index (Phi) is 6.17. The van der Waals surface area contributed by atoms with Gasteiger partial charge in [0.25, 0.3) is 30.4 Å². The van der Waals surface area contributed by atoms with E-state index in [9.17, 15) is 43.7 Å². The third-order valence-corrected chi connectivity index (χ3v) is 6.10. The van der Waals surface area contributed by atoms with Crippen LogP contribution in [0.15, 0.2) is 49.3 Å². The lowest BCUT2D eigenvalue weighted by Gasteiger charge is -2.11. The first-order valence-corrected chi connectivity index (χ1v) is 11.7. The van der Waals surface area contributed by atoms with Gasteiger partial charge >= 0.3 is 5.97 Å². The Morgan fingerprint density at radius 1 is 0.900 bits per heavy atom. The molecule has 0 bridgehead atoms. The topological polar surface area (TPSA) is 228 Å². The number of aliphatic carboxylic acids is 1. The smallest absolute Gasteiger partial charge is 0.324 e. The second kappa shape index (κ2) is 7.85. The molecule has 0 amide bonds. The fourth-order valence-corrected chi connectivity index (χ4v) is 4.31. The van der Waals surface area contributed by atoms with Crippen molar-refractivity contribution in [1.82, 2.24) is 5.01 Å². The summed E-state index contributed by atoms with van der Waals surface area (Å²) in [6.45, 7) is -0.633. The molecule has 0 aliphatic heterocycles. The molecule has 0 aliphatic rings. The quantitative estimate of drug-likeness (QED) is 0.241. The van der Waals surface area contributed by atoms with Gasteiger partial charge in [0.05, 0.1) is 4.90 Å². The number of fused-ring (bicyclic) bond motifs is 1. The van der Waals surface area contributed by atoms with Crippen molar-refractivity contribution in [3.05, 3.63) is 24.3 Å². The van der Waals surface area contributed by atoms with Crippen LogP contribution < -0.4 is 0 Å². The summed E-state index contributed by atoms with van der Waals surface area (Å²) in [6.07, 6.45) is 0. The van der Waals surface area contributed by atoms with Crippen molar-refractivity contribution in [3.8, 4) is 0 Å². The Hall–Kier alpha value is -2.70. The Balaban J connectivity index is 2.92. The van der Waals surface area contributed by atoms with E-state index in [1.165, 1.54) is 7.05 Å². The van der Waals surface area contributed by atoms with Crippen LogP contribution in [-0.2, 0) is 35.1 Å². The highest BCUT2D eigenvalue weighted by Crippen LogP contribution is 2.35. The molecule has 0 saturated carbocycles. The van der Waals surface area contributed by atoms with E-state index in [1.54, 1.807) is 0 Å². The highest BCUT2D eigenvalue weighted by molar-refractivity contribution is 7.87. The van der Waals surface area contributed by atoms with E-state index >= 15 is 0 Å². The lowest BCUT2D eigenvalue weighted by atomic mass is 10.1. The third-order valence-electron chi connectivity index (χ3n) is 3.49. The van der Waals surface area contributed by atoms with Gasteiger partial charge in [0.15, 0.2) is 0 Å². The van der Waals surface area contributed by atoms with E-state index in [4.69, 9.17) is 5.11 Å². The van der Waals surface area contributed by atoms with Gasteiger partial charge in [-0.05, 0) is 29.7 Å². The molecule has 0 unspecified atom stereocenters. The maximum Gasteiger partial charge on any atom is 0.324 e. The van der Waals surface area contributed by atoms with Gasteiger partial charge < -0.3 is 5.11 Å². The van der Waals surface area contributed by atoms with E-state index < -0.39 is 74.0 Å². The molecule has 0 fully saturated rings. The predicted molar refractivity (Wildman–Crippen MR) is 98.2 cm³/mol. The Morgan fingerprint density at radius 2 is 1.47 bits per heavy atom. The minimum Gasteiger partial charge on any atom is -0.480 e. The maximum atomic E-state index is 11.7. The van der Waals surface area contributed by atoms with Crippen molar-refractivity contribution in [3.63, 3.8) is 0 Å². The molecule has 0 radical (unpaired) electrons. The number of hydrogen-bond donors (Lipinski definition) is 4. The minimum absolute atomic E-state index is 0.414. The van der Waals surface area contributed by atoms with Crippen LogP contribution in [-0.4, -0.2) is 68.6 Å². The summed E-state index contributed by atoms with van der Waals surface area (Å²) in [5.74, 6) is -1.30. The molecule has 0 saturated heterocycles. The molecular weight excluding hydrogens is 470 g/mol. The molecule has 2 aromatic rings. The summed E-state index contributed by atoms with van der Waals surface area (Å²) in [7, 11) is -13.9. The zero-order valence-corrected chi connectivity index (χ0v) is 17.2. The molecule has 164 valence electrons. The van der Waals surface area contributed by atoms with Gasteiger partial charge in [0, 0.05) is 12.4 Å². The van der Waals surface area contributed by atoms with Crippen molar-refractivity contribution < 1.29 is 48.8 Å². The van der Waals surface area contributed by atoms with Crippen molar-refractivity contribution in [1.29, 1.82) is 0 Å². The molecule has 0 aliphatic carbocycles. The van der Waals surface area contributed by atoms with Gasteiger partial charge in [-0.25, -0.2) is 0 Å². The molecule has 2 aromatic carbocycles. The summed E-state index contributed by atoms with van der Waals surface area (Å²) in [6, 6.07) is 2.52. The largest absolute Gasteiger partial charge is 0.480 e. The summed E-state index contributed by atoms with van der Waals surface area (Å²) in [5.41, 5.74) is -0.647. The summed E-state index contributed by atoms with van der Waals surface area (Å²) >= 11 is 0. The highest BCUT2D eigenvalue weighted by atomic mass is 32.2. The van der Waals surface area contributed by atoms with Crippen LogP contribution in [0.4, 0.5) is 5.69 Å². The maximum absolute atomic E-state index is 11.7. The first kappa shape index (κ1) is 23.6.